The average molecular weight is 251 g/mol. The molecule has 0 aliphatic heterocycles. The molecule has 1 aromatic rings. The molecule has 0 aromatic heterocycles. The number of likely N-dealkylation sites (N-methyl/N-ethyl adjacent to an activating group) is 1. The maximum atomic E-state index is 11.9. The molecule has 18 heavy (non-hydrogen) atoms. The summed E-state index contributed by atoms with van der Waals surface area (Å²) in [4.78, 5) is 13.9. The van der Waals surface area contributed by atoms with Gasteiger partial charge in [-0.3, -0.25) is 9.69 Å². The lowest BCUT2D eigenvalue weighted by Crippen LogP contribution is -2.27. The smallest absolute Gasteiger partial charge is 0.176 e. The van der Waals surface area contributed by atoms with Crippen LogP contribution in [0.3, 0.4) is 0 Å². The fourth-order valence-electron chi connectivity index (χ4n) is 1.59. The van der Waals surface area contributed by atoms with Gasteiger partial charge in [0.15, 0.2) is 17.3 Å². The molecule has 0 fully saturated rings. The minimum absolute atomic E-state index is 0.0587. The van der Waals surface area contributed by atoms with E-state index in [2.05, 4.69) is 13.8 Å². The number of nitrogens with zero attached hydrogens (tertiary/aromatic N) is 1. The van der Waals surface area contributed by atoms with Crippen LogP contribution in [-0.4, -0.2) is 41.0 Å². The van der Waals surface area contributed by atoms with Crippen LogP contribution in [0.5, 0.6) is 11.5 Å². The maximum absolute atomic E-state index is 11.9. The van der Waals surface area contributed by atoms with Crippen molar-refractivity contribution < 1.29 is 15.0 Å². The van der Waals surface area contributed by atoms with Crippen molar-refractivity contribution in [3.63, 3.8) is 0 Å². The standard InChI is InChI=1S/C14H21NO3/c1-10(2)6-7-15(3)9-14(18)11-4-5-12(16)13(17)8-11/h4-5,8,10,16-17H,6-7,9H2,1-3H3. The first kappa shape index (κ1) is 14.5. The summed E-state index contributed by atoms with van der Waals surface area (Å²) in [5.41, 5.74) is 0.418. The van der Waals surface area contributed by atoms with E-state index in [-0.39, 0.29) is 17.3 Å². The summed E-state index contributed by atoms with van der Waals surface area (Å²) in [5, 5.41) is 18.5. The SMILES string of the molecule is CC(C)CCN(C)CC(=O)c1ccc(O)c(O)c1. The number of Topliss-reactive ketones (excluding diaryl/α,β-unsaturated/α-hetero) is 1. The van der Waals surface area contributed by atoms with Crippen molar-refractivity contribution >= 4 is 5.78 Å². The Bertz CT molecular complexity index is 416. The number of carbonyl (C=O) groups excluding carboxylic acids is 1. The zero-order chi connectivity index (χ0) is 13.7. The molecular formula is C14H21NO3. The molecule has 4 nitrogen and oxygen atoms in total. The molecule has 0 bridgehead atoms. The Hall–Kier alpha value is -1.55. The Kier molecular flexibility index (Phi) is 5.16. The molecule has 0 aliphatic rings. The summed E-state index contributed by atoms with van der Waals surface area (Å²) in [6.07, 6.45) is 1.05. The third-order valence-corrected chi connectivity index (χ3v) is 2.80. The van der Waals surface area contributed by atoms with Gasteiger partial charge in [-0.15, -0.1) is 0 Å². The third-order valence-electron chi connectivity index (χ3n) is 2.80. The van der Waals surface area contributed by atoms with E-state index < -0.39 is 0 Å². The summed E-state index contributed by atoms with van der Waals surface area (Å²) in [7, 11) is 1.90. The van der Waals surface area contributed by atoms with E-state index in [4.69, 9.17) is 0 Å². The third kappa shape index (κ3) is 4.37. The quantitative estimate of drug-likeness (QED) is 0.601. The predicted molar refractivity (Wildman–Crippen MR) is 71.1 cm³/mol. The van der Waals surface area contributed by atoms with E-state index in [1.165, 1.54) is 18.2 Å². The van der Waals surface area contributed by atoms with Gasteiger partial charge < -0.3 is 10.2 Å². The van der Waals surface area contributed by atoms with Gasteiger partial charge in [0.25, 0.3) is 0 Å². The Morgan fingerprint density at radius 1 is 1.28 bits per heavy atom. The van der Waals surface area contributed by atoms with E-state index in [1.54, 1.807) is 0 Å². The molecule has 0 amide bonds. The van der Waals surface area contributed by atoms with Crippen molar-refractivity contribution in [2.45, 2.75) is 20.3 Å². The predicted octanol–water partition coefficient (Wildman–Crippen LogP) is 2.26. The Morgan fingerprint density at radius 2 is 1.94 bits per heavy atom. The highest BCUT2D eigenvalue weighted by atomic mass is 16.3. The number of aromatic hydroxyl groups is 2. The average Bonchev–Trinajstić information content (AvgIpc) is 2.30. The van der Waals surface area contributed by atoms with Crippen molar-refractivity contribution in [3.05, 3.63) is 23.8 Å². The van der Waals surface area contributed by atoms with E-state index in [1.807, 2.05) is 11.9 Å². The van der Waals surface area contributed by atoms with Gasteiger partial charge in [0.2, 0.25) is 0 Å². The molecular weight excluding hydrogens is 230 g/mol. The highest BCUT2D eigenvalue weighted by Crippen LogP contribution is 2.25. The monoisotopic (exact) mass is 251 g/mol. The zero-order valence-electron chi connectivity index (χ0n) is 11.2. The Labute approximate surface area is 108 Å². The number of phenolic OH excluding ortho intramolecular Hbond substituents is 2. The van der Waals surface area contributed by atoms with Crippen LogP contribution in [0.2, 0.25) is 0 Å². The fraction of sp³-hybridized carbons (Fsp3) is 0.500. The van der Waals surface area contributed by atoms with Crippen LogP contribution in [0, 0.1) is 5.92 Å². The number of benzene rings is 1. The zero-order valence-corrected chi connectivity index (χ0v) is 11.2. The topological polar surface area (TPSA) is 60.8 Å². The first-order valence-corrected chi connectivity index (χ1v) is 6.14. The molecule has 0 radical (unpaired) electrons. The molecule has 0 saturated carbocycles. The lowest BCUT2D eigenvalue weighted by atomic mass is 10.1. The van der Waals surface area contributed by atoms with Crippen LogP contribution in [0.4, 0.5) is 0 Å². The molecule has 0 saturated heterocycles. The first-order chi connectivity index (χ1) is 8.40. The first-order valence-electron chi connectivity index (χ1n) is 6.14. The van der Waals surface area contributed by atoms with Gasteiger partial charge in [0, 0.05) is 5.56 Å². The molecule has 100 valence electrons. The largest absolute Gasteiger partial charge is 0.504 e. The fourth-order valence-corrected chi connectivity index (χ4v) is 1.59. The van der Waals surface area contributed by atoms with Crippen molar-refractivity contribution in [3.8, 4) is 11.5 Å². The molecule has 0 heterocycles. The summed E-state index contributed by atoms with van der Waals surface area (Å²) < 4.78 is 0. The van der Waals surface area contributed by atoms with Crippen molar-refractivity contribution in [1.82, 2.24) is 4.90 Å². The molecule has 0 spiro atoms. The molecule has 2 N–H and O–H groups in total. The van der Waals surface area contributed by atoms with Crippen LogP contribution in [0.1, 0.15) is 30.6 Å². The number of carbonyl (C=O) groups is 1. The molecule has 1 aromatic carbocycles. The minimum Gasteiger partial charge on any atom is -0.504 e. The number of hydrogen-bond acceptors (Lipinski definition) is 4. The van der Waals surface area contributed by atoms with E-state index in [0.29, 0.717) is 18.0 Å². The molecule has 1 rings (SSSR count). The van der Waals surface area contributed by atoms with E-state index in [0.717, 1.165) is 13.0 Å². The molecule has 0 atom stereocenters. The summed E-state index contributed by atoms with van der Waals surface area (Å²) in [5.74, 6) is 0.0854. The highest BCUT2D eigenvalue weighted by molar-refractivity contribution is 5.98. The number of rotatable bonds is 6. The van der Waals surface area contributed by atoms with Crippen LogP contribution < -0.4 is 0 Å². The van der Waals surface area contributed by atoms with Gasteiger partial charge in [-0.25, -0.2) is 0 Å². The normalized spacial score (nSPS) is 11.2. The van der Waals surface area contributed by atoms with Gasteiger partial charge in [0.1, 0.15) is 0 Å². The second-order valence-electron chi connectivity index (χ2n) is 5.05. The van der Waals surface area contributed by atoms with Crippen molar-refractivity contribution in [2.24, 2.45) is 5.92 Å². The van der Waals surface area contributed by atoms with Crippen molar-refractivity contribution in [1.29, 1.82) is 0 Å². The minimum atomic E-state index is -0.259. The molecule has 4 heteroatoms. The van der Waals surface area contributed by atoms with E-state index in [9.17, 15) is 15.0 Å². The number of ketones is 1. The van der Waals surface area contributed by atoms with Crippen LogP contribution >= 0.6 is 0 Å². The number of phenols is 2. The summed E-state index contributed by atoms with van der Waals surface area (Å²) in [6.45, 7) is 5.48. The Morgan fingerprint density at radius 3 is 2.50 bits per heavy atom. The molecule has 0 unspecified atom stereocenters. The summed E-state index contributed by atoms with van der Waals surface area (Å²) in [6, 6.07) is 4.15. The second-order valence-corrected chi connectivity index (χ2v) is 5.05. The van der Waals surface area contributed by atoms with Crippen molar-refractivity contribution in [2.75, 3.05) is 20.1 Å². The van der Waals surface area contributed by atoms with E-state index >= 15 is 0 Å². The van der Waals surface area contributed by atoms with Crippen LogP contribution in [0.15, 0.2) is 18.2 Å². The number of hydrogen-bond donors (Lipinski definition) is 2. The van der Waals surface area contributed by atoms with Crippen LogP contribution in [-0.2, 0) is 0 Å². The van der Waals surface area contributed by atoms with Gasteiger partial charge in [0.05, 0.1) is 6.54 Å². The van der Waals surface area contributed by atoms with Gasteiger partial charge in [-0.05, 0) is 44.1 Å². The van der Waals surface area contributed by atoms with Crippen LogP contribution in [0.25, 0.3) is 0 Å². The highest BCUT2D eigenvalue weighted by Gasteiger charge is 2.11. The lowest BCUT2D eigenvalue weighted by molar-refractivity contribution is 0.0943. The Balaban J connectivity index is 2.56. The maximum Gasteiger partial charge on any atom is 0.176 e. The van der Waals surface area contributed by atoms with Gasteiger partial charge in [-0.2, -0.15) is 0 Å². The van der Waals surface area contributed by atoms with Gasteiger partial charge >= 0.3 is 0 Å². The molecule has 0 aliphatic carbocycles. The van der Waals surface area contributed by atoms with Gasteiger partial charge in [-0.1, -0.05) is 13.8 Å². The summed E-state index contributed by atoms with van der Waals surface area (Å²) >= 11 is 0. The lowest BCUT2D eigenvalue weighted by Gasteiger charge is -2.17. The second kappa shape index (κ2) is 6.40.